The lowest BCUT2D eigenvalue weighted by Crippen LogP contribution is -2.42. The van der Waals surface area contributed by atoms with Gasteiger partial charge in [0.05, 0.1) is 18.9 Å². The van der Waals surface area contributed by atoms with Crippen LogP contribution in [0.4, 0.5) is 5.69 Å². The number of esters is 1. The lowest BCUT2D eigenvalue weighted by Gasteiger charge is -2.27. The smallest absolute Gasteiger partial charge is 0.325 e. The van der Waals surface area contributed by atoms with Crippen molar-refractivity contribution in [3.05, 3.63) is 23.8 Å². The van der Waals surface area contributed by atoms with Crippen molar-refractivity contribution in [2.75, 3.05) is 33.4 Å². The van der Waals surface area contributed by atoms with Crippen LogP contribution >= 0.6 is 0 Å². The number of fused-ring (bicyclic) bond motifs is 1. The van der Waals surface area contributed by atoms with E-state index in [9.17, 15) is 9.59 Å². The molecule has 1 heterocycles. The van der Waals surface area contributed by atoms with Crippen molar-refractivity contribution in [2.45, 2.75) is 77.2 Å². The van der Waals surface area contributed by atoms with Crippen LogP contribution in [0.2, 0.25) is 0 Å². The molecule has 2 fully saturated rings. The van der Waals surface area contributed by atoms with Gasteiger partial charge in [-0.2, -0.15) is 0 Å². The second-order valence-electron chi connectivity index (χ2n) is 10.7. The van der Waals surface area contributed by atoms with Crippen molar-refractivity contribution in [3.63, 3.8) is 0 Å². The average molecular weight is 499 g/mol. The Balaban J connectivity index is 1.18. The SMILES string of the molecule is CN(CC1CCCC1)C(=O)CCCOc1ccc2c(c1)CN(CC(=O)OCCC1CCCC1)C(N)=N2. The summed E-state index contributed by atoms with van der Waals surface area (Å²) in [5.41, 5.74) is 7.85. The number of aliphatic imine (C=N–C) groups is 1. The molecule has 0 spiro atoms. The van der Waals surface area contributed by atoms with Crippen molar-refractivity contribution >= 4 is 23.5 Å². The number of ether oxygens (including phenoxy) is 2. The van der Waals surface area contributed by atoms with E-state index in [0.29, 0.717) is 50.4 Å². The summed E-state index contributed by atoms with van der Waals surface area (Å²) in [7, 11) is 1.91. The number of hydrogen-bond donors (Lipinski definition) is 1. The average Bonchev–Trinajstić information content (AvgIpc) is 3.57. The summed E-state index contributed by atoms with van der Waals surface area (Å²) in [4.78, 5) is 32.8. The maximum absolute atomic E-state index is 12.4. The van der Waals surface area contributed by atoms with Crippen LogP contribution in [0.15, 0.2) is 23.2 Å². The summed E-state index contributed by atoms with van der Waals surface area (Å²) in [6.45, 7) is 2.38. The predicted octanol–water partition coefficient (Wildman–Crippen LogP) is 4.38. The Morgan fingerprint density at radius 3 is 2.56 bits per heavy atom. The zero-order chi connectivity index (χ0) is 25.3. The molecule has 0 aromatic heterocycles. The quantitative estimate of drug-likeness (QED) is 0.339. The molecule has 1 aromatic rings. The molecular formula is C28H42N4O4. The molecule has 2 aliphatic carbocycles. The molecule has 8 heteroatoms. The molecule has 198 valence electrons. The summed E-state index contributed by atoms with van der Waals surface area (Å²) in [6, 6.07) is 5.70. The van der Waals surface area contributed by atoms with Gasteiger partial charge in [0.25, 0.3) is 0 Å². The first-order valence-corrected chi connectivity index (χ1v) is 13.7. The molecule has 2 saturated carbocycles. The second-order valence-corrected chi connectivity index (χ2v) is 10.7. The van der Waals surface area contributed by atoms with E-state index in [1.165, 1.54) is 51.4 Å². The minimum Gasteiger partial charge on any atom is -0.494 e. The van der Waals surface area contributed by atoms with Crippen molar-refractivity contribution in [2.24, 2.45) is 22.6 Å². The maximum atomic E-state index is 12.4. The third-order valence-corrected chi connectivity index (χ3v) is 7.79. The van der Waals surface area contributed by atoms with Crippen LogP contribution in [0.5, 0.6) is 5.75 Å². The van der Waals surface area contributed by atoms with Gasteiger partial charge < -0.3 is 25.0 Å². The van der Waals surface area contributed by atoms with E-state index in [1.54, 1.807) is 4.90 Å². The molecule has 0 atom stereocenters. The van der Waals surface area contributed by atoms with Crippen LogP contribution < -0.4 is 10.5 Å². The van der Waals surface area contributed by atoms with Crippen LogP contribution in [0.3, 0.4) is 0 Å². The van der Waals surface area contributed by atoms with Crippen LogP contribution in [-0.4, -0.2) is 61.0 Å². The first-order chi connectivity index (χ1) is 17.5. The van der Waals surface area contributed by atoms with Crippen molar-refractivity contribution in [1.29, 1.82) is 0 Å². The fourth-order valence-corrected chi connectivity index (χ4v) is 5.63. The Hall–Kier alpha value is -2.77. The molecule has 0 radical (unpaired) electrons. The van der Waals surface area contributed by atoms with E-state index in [2.05, 4.69) is 4.99 Å². The van der Waals surface area contributed by atoms with Gasteiger partial charge in [-0.25, -0.2) is 4.99 Å². The molecule has 1 aromatic carbocycles. The van der Waals surface area contributed by atoms with E-state index in [4.69, 9.17) is 15.2 Å². The summed E-state index contributed by atoms with van der Waals surface area (Å²) < 4.78 is 11.4. The van der Waals surface area contributed by atoms with Gasteiger partial charge in [0, 0.05) is 32.1 Å². The van der Waals surface area contributed by atoms with Gasteiger partial charge in [-0.05, 0) is 55.7 Å². The number of carbonyl (C=O) groups is 2. The highest BCUT2D eigenvalue weighted by Crippen LogP contribution is 2.30. The Bertz CT molecular complexity index is 922. The first kappa shape index (κ1) is 26.3. The number of carbonyl (C=O) groups excluding carboxylic acids is 2. The molecule has 4 rings (SSSR count). The zero-order valence-corrected chi connectivity index (χ0v) is 21.8. The third-order valence-electron chi connectivity index (χ3n) is 7.79. The lowest BCUT2D eigenvalue weighted by molar-refractivity contribution is -0.144. The van der Waals surface area contributed by atoms with E-state index in [-0.39, 0.29) is 18.4 Å². The molecule has 3 aliphatic rings. The van der Waals surface area contributed by atoms with Gasteiger partial charge in [-0.3, -0.25) is 9.59 Å². The van der Waals surface area contributed by atoms with E-state index >= 15 is 0 Å². The molecule has 1 amide bonds. The molecule has 0 unspecified atom stereocenters. The number of nitrogens with zero attached hydrogens (tertiary/aromatic N) is 3. The van der Waals surface area contributed by atoms with Crippen molar-refractivity contribution in [3.8, 4) is 5.75 Å². The molecule has 0 bridgehead atoms. The van der Waals surface area contributed by atoms with Gasteiger partial charge in [0.15, 0.2) is 5.96 Å². The molecular weight excluding hydrogens is 456 g/mol. The Kier molecular flexibility index (Phi) is 9.47. The van der Waals surface area contributed by atoms with Gasteiger partial charge in [0.1, 0.15) is 12.3 Å². The van der Waals surface area contributed by atoms with Gasteiger partial charge >= 0.3 is 5.97 Å². The highest BCUT2D eigenvalue weighted by atomic mass is 16.5. The molecule has 1 aliphatic heterocycles. The van der Waals surface area contributed by atoms with Crippen molar-refractivity contribution in [1.82, 2.24) is 9.80 Å². The number of benzene rings is 1. The number of guanidine groups is 1. The normalized spacial score (nSPS) is 18.1. The number of nitrogens with two attached hydrogens (primary N) is 1. The third kappa shape index (κ3) is 7.61. The number of amides is 1. The molecule has 0 saturated heterocycles. The minimum atomic E-state index is -0.274. The van der Waals surface area contributed by atoms with Gasteiger partial charge in [-0.1, -0.05) is 38.5 Å². The summed E-state index contributed by atoms with van der Waals surface area (Å²) in [6.07, 6.45) is 12.3. The lowest BCUT2D eigenvalue weighted by atomic mass is 10.1. The fraction of sp³-hybridized carbons (Fsp3) is 0.679. The minimum absolute atomic E-state index is 0.0843. The van der Waals surface area contributed by atoms with Gasteiger partial charge in [-0.15, -0.1) is 0 Å². The monoisotopic (exact) mass is 498 g/mol. The van der Waals surface area contributed by atoms with E-state index < -0.39 is 0 Å². The van der Waals surface area contributed by atoms with Crippen LogP contribution in [0.1, 0.15) is 76.2 Å². The summed E-state index contributed by atoms with van der Waals surface area (Å²) in [5, 5.41) is 0. The Morgan fingerprint density at radius 1 is 1.08 bits per heavy atom. The Labute approximate surface area is 215 Å². The fourth-order valence-electron chi connectivity index (χ4n) is 5.63. The topological polar surface area (TPSA) is 97.5 Å². The molecule has 36 heavy (non-hydrogen) atoms. The van der Waals surface area contributed by atoms with Crippen LogP contribution in [0, 0.1) is 11.8 Å². The van der Waals surface area contributed by atoms with E-state index in [1.807, 2.05) is 30.1 Å². The van der Waals surface area contributed by atoms with E-state index in [0.717, 1.165) is 30.0 Å². The molecule has 8 nitrogen and oxygen atoms in total. The zero-order valence-electron chi connectivity index (χ0n) is 21.8. The standard InChI is InChI=1S/C28H42N4O4/c1-31(18-22-9-4-5-10-22)26(33)11-6-15-35-24-12-13-25-23(17-24)19-32(28(29)30-25)20-27(34)36-16-14-21-7-2-3-8-21/h12-13,17,21-22H,2-11,14-16,18-20H2,1H3,(H2,29,30). The predicted molar refractivity (Wildman–Crippen MR) is 140 cm³/mol. The number of hydrogen-bond acceptors (Lipinski definition) is 7. The number of rotatable bonds is 12. The first-order valence-electron chi connectivity index (χ1n) is 13.7. The highest BCUT2D eigenvalue weighted by molar-refractivity contribution is 5.87. The van der Waals surface area contributed by atoms with Crippen LogP contribution in [-0.2, 0) is 20.9 Å². The van der Waals surface area contributed by atoms with Gasteiger partial charge in [0.2, 0.25) is 5.91 Å². The van der Waals surface area contributed by atoms with Crippen molar-refractivity contribution < 1.29 is 19.1 Å². The summed E-state index contributed by atoms with van der Waals surface area (Å²) >= 11 is 0. The largest absolute Gasteiger partial charge is 0.494 e. The maximum Gasteiger partial charge on any atom is 0.325 e. The Morgan fingerprint density at radius 2 is 1.81 bits per heavy atom. The molecule has 2 N–H and O–H groups in total. The summed E-state index contributed by atoms with van der Waals surface area (Å²) in [5.74, 6) is 2.33. The highest BCUT2D eigenvalue weighted by Gasteiger charge is 2.22. The second kappa shape index (κ2) is 13.0. The van der Waals surface area contributed by atoms with Crippen LogP contribution in [0.25, 0.3) is 0 Å².